The zero-order valence-corrected chi connectivity index (χ0v) is 17.9. The van der Waals surface area contributed by atoms with E-state index in [0.717, 1.165) is 16.8 Å². The van der Waals surface area contributed by atoms with E-state index >= 15 is 0 Å². The molecule has 0 saturated heterocycles. The zero-order chi connectivity index (χ0) is 22.3. The molecule has 1 atom stereocenters. The van der Waals surface area contributed by atoms with Crippen LogP contribution in [0.3, 0.4) is 0 Å². The van der Waals surface area contributed by atoms with Crippen molar-refractivity contribution < 1.29 is 23.9 Å². The molecule has 0 aliphatic carbocycles. The molecule has 2 N–H and O–H groups in total. The number of carbonyl (C=O) groups excluding carboxylic acids is 3. The quantitative estimate of drug-likeness (QED) is 0.633. The summed E-state index contributed by atoms with van der Waals surface area (Å²) in [6, 6.07) is 12.0. The minimum Gasteiger partial charge on any atom is -0.450 e. The summed E-state index contributed by atoms with van der Waals surface area (Å²) in [7, 11) is 0. The van der Waals surface area contributed by atoms with Crippen molar-refractivity contribution in [2.24, 2.45) is 0 Å². The van der Waals surface area contributed by atoms with Crippen LogP contribution in [0, 0.1) is 6.92 Å². The summed E-state index contributed by atoms with van der Waals surface area (Å²) in [6.07, 6.45) is -1.55. The van der Waals surface area contributed by atoms with Crippen LogP contribution < -0.4 is 10.6 Å². The number of nitrogens with one attached hydrogen (secondary N) is 2. The molecule has 2 aromatic carbocycles. The Morgan fingerprint density at radius 3 is 2.23 bits per heavy atom. The number of hydrogen-bond donors (Lipinski definition) is 2. The lowest BCUT2D eigenvalue weighted by atomic mass is 9.98. The van der Waals surface area contributed by atoms with Crippen molar-refractivity contribution in [2.75, 3.05) is 17.2 Å². The van der Waals surface area contributed by atoms with Gasteiger partial charge >= 0.3 is 12.1 Å². The molecule has 0 aromatic heterocycles. The number of anilines is 2. The minimum atomic E-state index is -0.977. The lowest BCUT2D eigenvalue weighted by molar-refractivity contribution is -0.123. The van der Waals surface area contributed by atoms with Gasteiger partial charge in [-0.1, -0.05) is 32.0 Å². The third-order valence-corrected chi connectivity index (χ3v) is 4.47. The molecule has 0 fully saturated rings. The zero-order valence-electron chi connectivity index (χ0n) is 17.9. The van der Waals surface area contributed by atoms with E-state index in [9.17, 15) is 14.4 Å². The van der Waals surface area contributed by atoms with Crippen molar-refractivity contribution >= 4 is 29.3 Å². The third kappa shape index (κ3) is 6.07. The van der Waals surface area contributed by atoms with Gasteiger partial charge < -0.3 is 14.8 Å². The van der Waals surface area contributed by atoms with Gasteiger partial charge in [0, 0.05) is 11.4 Å². The first-order valence-corrected chi connectivity index (χ1v) is 9.88. The predicted molar refractivity (Wildman–Crippen MR) is 116 cm³/mol. The summed E-state index contributed by atoms with van der Waals surface area (Å²) in [5, 5.41) is 5.42. The molecule has 1 unspecified atom stereocenters. The van der Waals surface area contributed by atoms with Crippen LogP contribution in [0.25, 0.3) is 0 Å². The molecule has 0 aliphatic rings. The van der Waals surface area contributed by atoms with Crippen molar-refractivity contribution in [1.82, 2.24) is 0 Å². The van der Waals surface area contributed by atoms with E-state index in [0.29, 0.717) is 5.69 Å². The van der Waals surface area contributed by atoms with Crippen LogP contribution in [0.4, 0.5) is 16.2 Å². The van der Waals surface area contributed by atoms with Gasteiger partial charge in [0.25, 0.3) is 5.91 Å². The van der Waals surface area contributed by atoms with Gasteiger partial charge in [-0.2, -0.15) is 0 Å². The third-order valence-electron chi connectivity index (χ3n) is 4.47. The summed E-state index contributed by atoms with van der Waals surface area (Å²) >= 11 is 0. The molecule has 160 valence electrons. The monoisotopic (exact) mass is 412 g/mol. The highest BCUT2D eigenvalue weighted by molar-refractivity contribution is 5.98. The molecule has 2 rings (SSSR count). The van der Waals surface area contributed by atoms with Gasteiger partial charge in [0.05, 0.1) is 12.2 Å². The van der Waals surface area contributed by atoms with Crippen molar-refractivity contribution in [3.05, 3.63) is 59.2 Å². The molecular weight excluding hydrogens is 384 g/mol. The Balaban J connectivity index is 2.00. The van der Waals surface area contributed by atoms with Crippen LogP contribution in [0.1, 0.15) is 55.1 Å². The van der Waals surface area contributed by atoms with Gasteiger partial charge in [-0.05, 0) is 62.1 Å². The Kier molecular flexibility index (Phi) is 7.98. The Morgan fingerprint density at radius 2 is 1.63 bits per heavy atom. The van der Waals surface area contributed by atoms with Gasteiger partial charge in [-0.15, -0.1) is 0 Å². The van der Waals surface area contributed by atoms with Gasteiger partial charge in [-0.25, -0.2) is 9.59 Å². The molecular formula is C23H28N2O5. The molecule has 0 bridgehead atoms. The smallest absolute Gasteiger partial charge is 0.411 e. The number of benzene rings is 2. The molecule has 2 amide bonds. The Hall–Kier alpha value is -3.35. The van der Waals surface area contributed by atoms with Crippen molar-refractivity contribution in [3.63, 3.8) is 0 Å². The fourth-order valence-electron chi connectivity index (χ4n) is 2.82. The highest BCUT2D eigenvalue weighted by Crippen LogP contribution is 2.27. The molecule has 7 nitrogen and oxygen atoms in total. The van der Waals surface area contributed by atoms with Crippen LogP contribution in [0.2, 0.25) is 0 Å². The Bertz CT molecular complexity index is 906. The van der Waals surface area contributed by atoms with E-state index in [2.05, 4.69) is 10.6 Å². The average Bonchev–Trinajstić information content (AvgIpc) is 2.69. The number of rotatable bonds is 7. The topological polar surface area (TPSA) is 93.7 Å². The second-order valence-corrected chi connectivity index (χ2v) is 7.15. The van der Waals surface area contributed by atoms with Crippen LogP contribution in [0.5, 0.6) is 0 Å². The second-order valence-electron chi connectivity index (χ2n) is 7.15. The highest BCUT2D eigenvalue weighted by Gasteiger charge is 2.21. The van der Waals surface area contributed by atoms with E-state index in [4.69, 9.17) is 9.47 Å². The summed E-state index contributed by atoms with van der Waals surface area (Å²) in [6.45, 7) is 9.51. The molecule has 0 radical (unpaired) electrons. The number of aryl methyl sites for hydroxylation is 1. The van der Waals surface area contributed by atoms with Crippen LogP contribution >= 0.6 is 0 Å². The Labute approximate surface area is 176 Å². The summed E-state index contributed by atoms with van der Waals surface area (Å²) < 4.78 is 10.1. The van der Waals surface area contributed by atoms with E-state index in [1.165, 1.54) is 19.1 Å². The van der Waals surface area contributed by atoms with E-state index < -0.39 is 24.1 Å². The fraction of sp³-hybridized carbons (Fsp3) is 0.348. The standard InChI is InChI=1S/C23H28N2O5/c1-6-29-23(28)24-18-12-10-17(11-13-18)22(27)30-16(5)21(26)25-20-15(4)8-7-9-19(20)14(2)3/h7-14,16H,6H2,1-5H3,(H,24,28)(H,25,26). The second kappa shape index (κ2) is 10.4. The average molecular weight is 412 g/mol. The van der Waals surface area contributed by atoms with Crippen LogP contribution in [-0.4, -0.2) is 30.7 Å². The van der Waals surface area contributed by atoms with E-state index in [1.54, 1.807) is 19.1 Å². The number of para-hydroxylation sites is 1. The summed E-state index contributed by atoms with van der Waals surface area (Å²) in [5.74, 6) is -0.797. The first-order chi connectivity index (χ1) is 14.2. The van der Waals surface area contributed by atoms with Gasteiger partial charge in [0.15, 0.2) is 6.10 Å². The minimum absolute atomic E-state index is 0.236. The summed E-state index contributed by atoms with van der Waals surface area (Å²) in [4.78, 5) is 36.4. The largest absolute Gasteiger partial charge is 0.450 e. The molecule has 0 saturated carbocycles. The fourth-order valence-corrected chi connectivity index (χ4v) is 2.82. The normalized spacial score (nSPS) is 11.5. The maximum absolute atomic E-state index is 12.6. The Morgan fingerprint density at radius 1 is 0.967 bits per heavy atom. The highest BCUT2D eigenvalue weighted by atomic mass is 16.6. The predicted octanol–water partition coefficient (Wildman–Crippen LogP) is 4.87. The number of amides is 2. The van der Waals surface area contributed by atoms with Gasteiger partial charge in [0.2, 0.25) is 0 Å². The van der Waals surface area contributed by atoms with Crippen LogP contribution in [-0.2, 0) is 14.3 Å². The molecule has 0 aliphatic heterocycles. The van der Waals surface area contributed by atoms with Crippen molar-refractivity contribution in [3.8, 4) is 0 Å². The molecule has 30 heavy (non-hydrogen) atoms. The SMILES string of the molecule is CCOC(=O)Nc1ccc(C(=O)OC(C)C(=O)Nc2c(C)cccc2C(C)C)cc1. The van der Waals surface area contributed by atoms with Gasteiger partial charge in [0.1, 0.15) is 0 Å². The van der Waals surface area contributed by atoms with E-state index in [1.807, 2.05) is 39.0 Å². The number of carbonyl (C=O) groups is 3. The van der Waals surface area contributed by atoms with Crippen molar-refractivity contribution in [1.29, 1.82) is 0 Å². The van der Waals surface area contributed by atoms with Crippen LogP contribution in [0.15, 0.2) is 42.5 Å². The molecule has 7 heteroatoms. The van der Waals surface area contributed by atoms with Gasteiger partial charge in [-0.3, -0.25) is 10.1 Å². The summed E-state index contributed by atoms with van der Waals surface area (Å²) in [5.41, 5.74) is 3.46. The first-order valence-electron chi connectivity index (χ1n) is 9.88. The molecule has 0 heterocycles. The number of esters is 1. The lowest BCUT2D eigenvalue weighted by Gasteiger charge is -2.19. The number of ether oxygens (including phenoxy) is 2. The van der Waals surface area contributed by atoms with Crippen molar-refractivity contribution in [2.45, 2.75) is 46.6 Å². The maximum atomic E-state index is 12.6. The molecule has 0 spiro atoms. The number of hydrogen-bond acceptors (Lipinski definition) is 5. The molecule has 2 aromatic rings. The van der Waals surface area contributed by atoms with E-state index in [-0.39, 0.29) is 18.1 Å². The first kappa shape index (κ1) is 22.9. The lowest BCUT2D eigenvalue weighted by Crippen LogP contribution is -2.30. The maximum Gasteiger partial charge on any atom is 0.411 e.